The predicted molar refractivity (Wildman–Crippen MR) is 84.1 cm³/mol. The Balaban J connectivity index is 1.85. The van der Waals surface area contributed by atoms with Crippen molar-refractivity contribution in [3.8, 4) is 0 Å². The SMILES string of the molecule is SCC(COCc1ccc(Cl)cc1)c1ccccc1. The van der Waals surface area contributed by atoms with E-state index < -0.39 is 0 Å². The lowest BCUT2D eigenvalue weighted by molar-refractivity contribution is 0.111. The van der Waals surface area contributed by atoms with Crippen LogP contribution in [0.15, 0.2) is 54.6 Å². The fourth-order valence-corrected chi connectivity index (χ4v) is 2.32. The number of thiol groups is 1. The Hall–Kier alpha value is -0.960. The minimum absolute atomic E-state index is 0.330. The van der Waals surface area contributed by atoms with Crippen molar-refractivity contribution in [2.75, 3.05) is 12.4 Å². The van der Waals surface area contributed by atoms with E-state index in [9.17, 15) is 0 Å². The van der Waals surface area contributed by atoms with E-state index in [1.54, 1.807) is 0 Å². The largest absolute Gasteiger partial charge is 0.376 e. The lowest BCUT2D eigenvalue weighted by atomic mass is 10.0. The van der Waals surface area contributed by atoms with Gasteiger partial charge in [-0.15, -0.1) is 0 Å². The van der Waals surface area contributed by atoms with Gasteiger partial charge >= 0.3 is 0 Å². The lowest BCUT2D eigenvalue weighted by Crippen LogP contribution is -2.09. The van der Waals surface area contributed by atoms with Crippen molar-refractivity contribution in [3.05, 3.63) is 70.7 Å². The molecule has 0 saturated carbocycles. The summed E-state index contributed by atoms with van der Waals surface area (Å²) in [6.07, 6.45) is 0. The third-order valence-electron chi connectivity index (χ3n) is 2.99. The van der Waals surface area contributed by atoms with Gasteiger partial charge in [-0.3, -0.25) is 0 Å². The third kappa shape index (κ3) is 4.57. The van der Waals surface area contributed by atoms with E-state index in [1.165, 1.54) is 5.56 Å². The molecule has 0 fully saturated rings. The molecule has 0 aliphatic heterocycles. The molecule has 19 heavy (non-hydrogen) atoms. The van der Waals surface area contributed by atoms with E-state index in [1.807, 2.05) is 42.5 Å². The number of hydrogen-bond donors (Lipinski definition) is 1. The summed E-state index contributed by atoms with van der Waals surface area (Å²) in [4.78, 5) is 0. The van der Waals surface area contributed by atoms with Crippen LogP contribution in [0.3, 0.4) is 0 Å². The highest BCUT2D eigenvalue weighted by Gasteiger charge is 2.09. The molecule has 0 aliphatic rings. The van der Waals surface area contributed by atoms with Crippen molar-refractivity contribution in [2.24, 2.45) is 0 Å². The Morgan fingerprint density at radius 1 is 1.00 bits per heavy atom. The summed E-state index contributed by atoms with van der Waals surface area (Å²) in [7, 11) is 0. The van der Waals surface area contributed by atoms with E-state index >= 15 is 0 Å². The number of ether oxygens (including phenoxy) is 1. The molecule has 0 heterocycles. The first-order chi connectivity index (χ1) is 9.29. The van der Waals surface area contributed by atoms with Gasteiger partial charge in [0.15, 0.2) is 0 Å². The predicted octanol–water partition coefficient (Wildman–Crippen LogP) is 4.57. The Kier molecular flexibility index (Phi) is 5.77. The van der Waals surface area contributed by atoms with Gasteiger partial charge in [-0.1, -0.05) is 54.1 Å². The van der Waals surface area contributed by atoms with E-state index in [2.05, 4.69) is 24.8 Å². The van der Waals surface area contributed by atoms with Crippen LogP contribution in [-0.2, 0) is 11.3 Å². The fourth-order valence-electron chi connectivity index (χ4n) is 1.88. The molecule has 0 N–H and O–H groups in total. The normalized spacial score (nSPS) is 12.3. The highest BCUT2D eigenvalue weighted by Crippen LogP contribution is 2.18. The topological polar surface area (TPSA) is 9.23 Å². The summed E-state index contributed by atoms with van der Waals surface area (Å²) in [5.41, 5.74) is 2.41. The van der Waals surface area contributed by atoms with Gasteiger partial charge in [0.05, 0.1) is 13.2 Å². The summed E-state index contributed by atoms with van der Waals surface area (Å²) < 4.78 is 5.78. The van der Waals surface area contributed by atoms with Crippen molar-refractivity contribution in [1.82, 2.24) is 0 Å². The second-order valence-electron chi connectivity index (χ2n) is 4.43. The molecule has 0 radical (unpaired) electrons. The first-order valence-corrected chi connectivity index (χ1v) is 7.28. The number of hydrogen-bond acceptors (Lipinski definition) is 2. The van der Waals surface area contributed by atoms with Gasteiger partial charge in [0.25, 0.3) is 0 Å². The van der Waals surface area contributed by atoms with Gasteiger partial charge < -0.3 is 4.74 Å². The van der Waals surface area contributed by atoms with E-state index in [0.717, 1.165) is 16.3 Å². The molecule has 1 atom stereocenters. The molecular formula is C16H17ClOS. The molecule has 0 spiro atoms. The monoisotopic (exact) mass is 292 g/mol. The molecule has 100 valence electrons. The first kappa shape index (κ1) is 14.4. The van der Waals surface area contributed by atoms with E-state index in [0.29, 0.717) is 19.1 Å². The maximum Gasteiger partial charge on any atom is 0.0717 e. The molecule has 1 nitrogen and oxygen atoms in total. The van der Waals surface area contributed by atoms with Gasteiger partial charge in [0.2, 0.25) is 0 Å². The summed E-state index contributed by atoms with van der Waals surface area (Å²) in [5.74, 6) is 1.11. The van der Waals surface area contributed by atoms with Crippen molar-refractivity contribution >= 4 is 24.2 Å². The maximum atomic E-state index is 5.85. The molecule has 2 rings (SSSR count). The molecule has 3 heteroatoms. The Bertz CT molecular complexity index is 484. The Labute approximate surface area is 125 Å². The second-order valence-corrected chi connectivity index (χ2v) is 5.23. The van der Waals surface area contributed by atoms with Gasteiger partial charge in [-0.05, 0) is 29.0 Å². The first-order valence-electron chi connectivity index (χ1n) is 6.27. The maximum absolute atomic E-state index is 5.85. The minimum Gasteiger partial charge on any atom is -0.376 e. The Morgan fingerprint density at radius 3 is 2.32 bits per heavy atom. The van der Waals surface area contributed by atoms with E-state index in [4.69, 9.17) is 16.3 Å². The van der Waals surface area contributed by atoms with Crippen LogP contribution in [0, 0.1) is 0 Å². The highest BCUT2D eigenvalue weighted by molar-refractivity contribution is 7.80. The van der Waals surface area contributed by atoms with Gasteiger partial charge in [-0.2, -0.15) is 12.6 Å². The lowest BCUT2D eigenvalue weighted by Gasteiger charge is -2.15. The molecule has 0 bridgehead atoms. The smallest absolute Gasteiger partial charge is 0.0717 e. The van der Waals surface area contributed by atoms with Crippen LogP contribution in [0.25, 0.3) is 0 Å². The standard InChI is InChI=1S/C16H17ClOS/c17-16-8-6-13(7-9-16)10-18-11-15(12-19)14-4-2-1-3-5-14/h1-9,15,19H,10-12H2. The molecular weight excluding hydrogens is 276 g/mol. The molecule has 0 amide bonds. The van der Waals surface area contributed by atoms with Crippen LogP contribution >= 0.6 is 24.2 Å². The van der Waals surface area contributed by atoms with Crippen molar-refractivity contribution in [3.63, 3.8) is 0 Å². The summed E-state index contributed by atoms with van der Waals surface area (Å²) in [5, 5.41) is 0.751. The van der Waals surface area contributed by atoms with Crippen LogP contribution in [0.2, 0.25) is 5.02 Å². The highest BCUT2D eigenvalue weighted by atomic mass is 35.5. The zero-order valence-electron chi connectivity index (χ0n) is 10.6. The fraction of sp³-hybridized carbons (Fsp3) is 0.250. The molecule has 2 aromatic rings. The molecule has 0 aliphatic carbocycles. The summed E-state index contributed by atoms with van der Waals surface area (Å²) in [6.45, 7) is 1.28. The van der Waals surface area contributed by atoms with Crippen LogP contribution in [-0.4, -0.2) is 12.4 Å². The van der Waals surface area contributed by atoms with Crippen molar-refractivity contribution in [2.45, 2.75) is 12.5 Å². The third-order valence-corrected chi connectivity index (χ3v) is 3.69. The Morgan fingerprint density at radius 2 is 1.68 bits per heavy atom. The molecule has 2 aromatic carbocycles. The minimum atomic E-state index is 0.330. The van der Waals surface area contributed by atoms with Gasteiger partial charge in [0, 0.05) is 10.9 Å². The molecule has 1 unspecified atom stereocenters. The van der Waals surface area contributed by atoms with Crippen LogP contribution in [0.5, 0.6) is 0 Å². The molecule has 0 aromatic heterocycles. The van der Waals surface area contributed by atoms with Crippen molar-refractivity contribution in [1.29, 1.82) is 0 Å². The molecule has 0 saturated heterocycles. The summed E-state index contributed by atoms with van der Waals surface area (Å²) >= 11 is 10.3. The number of halogens is 1. The zero-order valence-corrected chi connectivity index (χ0v) is 12.3. The van der Waals surface area contributed by atoms with E-state index in [-0.39, 0.29) is 0 Å². The van der Waals surface area contributed by atoms with Crippen molar-refractivity contribution < 1.29 is 4.74 Å². The van der Waals surface area contributed by atoms with Crippen LogP contribution in [0.4, 0.5) is 0 Å². The average molecular weight is 293 g/mol. The van der Waals surface area contributed by atoms with Crippen LogP contribution < -0.4 is 0 Å². The van der Waals surface area contributed by atoms with Gasteiger partial charge in [0.1, 0.15) is 0 Å². The number of benzene rings is 2. The number of rotatable bonds is 6. The zero-order chi connectivity index (χ0) is 13.5. The van der Waals surface area contributed by atoms with Crippen LogP contribution in [0.1, 0.15) is 17.0 Å². The van der Waals surface area contributed by atoms with Gasteiger partial charge in [-0.25, -0.2) is 0 Å². The summed E-state index contributed by atoms with van der Waals surface area (Å²) in [6, 6.07) is 18.1. The average Bonchev–Trinajstić information content (AvgIpc) is 2.46. The quantitative estimate of drug-likeness (QED) is 0.767. The second kappa shape index (κ2) is 7.59.